The molecule has 1 aliphatic carbocycles. The van der Waals surface area contributed by atoms with Crippen molar-refractivity contribution in [3.63, 3.8) is 0 Å². The summed E-state index contributed by atoms with van der Waals surface area (Å²) in [5, 5.41) is 0. The number of nitrogens with two attached hydrogens (primary N) is 2. The minimum atomic E-state index is -0.633. The molecule has 0 radical (unpaired) electrons. The van der Waals surface area contributed by atoms with E-state index in [4.69, 9.17) is 11.5 Å². The van der Waals surface area contributed by atoms with Crippen LogP contribution in [0.15, 0.2) is 35.3 Å². The predicted molar refractivity (Wildman–Crippen MR) is 43.4 cm³/mol. The highest BCUT2D eigenvalue weighted by Gasteiger charge is 2.09. The van der Waals surface area contributed by atoms with Crippen molar-refractivity contribution in [3.8, 4) is 0 Å². The summed E-state index contributed by atoms with van der Waals surface area (Å²) in [4.78, 5) is 10.7. The molecule has 0 aromatic rings. The minimum absolute atomic E-state index is 0.0650. The van der Waals surface area contributed by atoms with E-state index >= 15 is 0 Å². The van der Waals surface area contributed by atoms with Crippen LogP contribution in [0.5, 0.6) is 0 Å². The summed E-state index contributed by atoms with van der Waals surface area (Å²) in [5.74, 6) is -0.971. The van der Waals surface area contributed by atoms with E-state index in [2.05, 4.69) is 0 Å². The number of carbonyl (C=O) groups is 1. The molecule has 1 rings (SSSR count). The van der Waals surface area contributed by atoms with Crippen LogP contribution in [0.1, 0.15) is 6.42 Å². The number of hydrogen-bond acceptors (Lipinski definition) is 2. The largest absolute Gasteiger partial charge is 0.398 e. The molecule has 0 aliphatic heterocycles. The van der Waals surface area contributed by atoms with Crippen molar-refractivity contribution in [2.24, 2.45) is 11.5 Å². The Balaban J connectivity index is 3.00. The molecule has 64 valence electrons. The van der Waals surface area contributed by atoms with E-state index in [0.29, 0.717) is 0 Å². The number of allylic oxidation sites excluding steroid dienone is 4. The maximum absolute atomic E-state index is 12.6. The number of hydrogen-bond donors (Lipinski definition) is 2. The smallest absolute Gasteiger partial charge is 0.250 e. The van der Waals surface area contributed by atoms with Crippen LogP contribution >= 0.6 is 0 Å². The highest BCUT2D eigenvalue weighted by molar-refractivity contribution is 5.96. The molecule has 0 saturated heterocycles. The molecule has 12 heavy (non-hydrogen) atoms. The van der Waals surface area contributed by atoms with Gasteiger partial charge in [0, 0.05) is 12.1 Å². The van der Waals surface area contributed by atoms with Crippen LogP contribution in [0.3, 0.4) is 0 Å². The molecule has 3 nitrogen and oxygen atoms in total. The van der Waals surface area contributed by atoms with Crippen LogP contribution < -0.4 is 11.5 Å². The monoisotopic (exact) mass is 168 g/mol. The van der Waals surface area contributed by atoms with Gasteiger partial charge in [0.05, 0.1) is 5.57 Å². The quantitative estimate of drug-likeness (QED) is 0.598. The SMILES string of the molecule is NC(=O)C1=CCC(F)=CC=C1N. The van der Waals surface area contributed by atoms with E-state index in [1.165, 1.54) is 18.2 Å². The fraction of sp³-hybridized carbons (Fsp3) is 0.125. The zero-order valence-electron chi connectivity index (χ0n) is 6.38. The fourth-order valence-corrected chi connectivity index (χ4v) is 0.898. The van der Waals surface area contributed by atoms with E-state index in [1.54, 1.807) is 0 Å². The van der Waals surface area contributed by atoms with Gasteiger partial charge in [0.25, 0.3) is 0 Å². The zero-order valence-corrected chi connectivity index (χ0v) is 6.38. The summed E-state index contributed by atoms with van der Waals surface area (Å²) in [6, 6.07) is 0. The third-order valence-corrected chi connectivity index (χ3v) is 1.52. The summed E-state index contributed by atoms with van der Waals surface area (Å²) >= 11 is 0. The molecule has 1 aliphatic rings. The molecule has 0 unspecified atom stereocenters. The summed E-state index contributed by atoms with van der Waals surface area (Å²) in [7, 11) is 0. The van der Waals surface area contributed by atoms with Crippen molar-refractivity contribution in [2.75, 3.05) is 0 Å². The van der Waals surface area contributed by atoms with E-state index < -0.39 is 5.91 Å². The molecular weight excluding hydrogens is 159 g/mol. The molecule has 0 saturated carbocycles. The Morgan fingerprint density at radius 1 is 1.50 bits per heavy atom. The molecule has 0 bridgehead atoms. The first-order valence-electron chi connectivity index (χ1n) is 3.43. The minimum Gasteiger partial charge on any atom is -0.398 e. The van der Waals surface area contributed by atoms with Gasteiger partial charge in [-0.2, -0.15) is 0 Å². The molecule has 4 heteroatoms. The van der Waals surface area contributed by atoms with Crippen molar-refractivity contribution in [1.29, 1.82) is 0 Å². The van der Waals surface area contributed by atoms with Crippen LogP contribution in [0.2, 0.25) is 0 Å². The van der Waals surface area contributed by atoms with Gasteiger partial charge in [0.2, 0.25) is 5.91 Å². The standard InChI is InChI=1S/C8H9FN2O/c9-5-1-3-6(8(11)12)7(10)4-2-5/h2-4H,1,10H2,(H2,11,12). The second-order valence-electron chi connectivity index (χ2n) is 2.42. The van der Waals surface area contributed by atoms with Crippen molar-refractivity contribution < 1.29 is 9.18 Å². The first kappa shape index (κ1) is 8.52. The molecule has 0 spiro atoms. The van der Waals surface area contributed by atoms with E-state index in [1.807, 2.05) is 0 Å². The van der Waals surface area contributed by atoms with E-state index in [9.17, 15) is 9.18 Å². The first-order chi connectivity index (χ1) is 5.61. The summed E-state index contributed by atoms with van der Waals surface area (Å²) in [6.45, 7) is 0. The molecule has 0 fully saturated rings. The second-order valence-corrected chi connectivity index (χ2v) is 2.42. The van der Waals surface area contributed by atoms with Gasteiger partial charge < -0.3 is 11.5 Å². The first-order valence-corrected chi connectivity index (χ1v) is 3.43. The highest BCUT2D eigenvalue weighted by Crippen LogP contribution is 2.15. The predicted octanol–water partition coefficient (Wildman–Crippen LogP) is 0.498. The van der Waals surface area contributed by atoms with Gasteiger partial charge in [-0.3, -0.25) is 4.79 Å². The number of primary amides is 1. The lowest BCUT2D eigenvalue weighted by Crippen LogP contribution is -2.18. The third kappa shape index (κ3) is 1.72. The summed E-state index contributed by atoms with van der Waals surface area (Å²) in [5.41, 5.74) is 10.8. The van der Waals surface area contributed by atoms with Crippen molar-refractivity contribution in [2.45, 2.75) is 6.42 Å². The van der Waals surface area contributed by atoms with Gasteiger partial charge in [0.1, 0.15) is 5.83 Å². The van der Waals surface area contributed by atoms with Crippen molar-refractivity contribution in [1.82, 2.24) is 0 Å². The summed E-state index contributed by atoms with van der Waals surface area (Å²) in [6.07, 6.45) is 4.00. The van der Waals surface area contributed by atoms with Crippen molar-refractivity contribution in [3.05, 3.63) is 35.3 Å². The molecule has 4 N–H and O–H groups in total. The Kier molecular flexibility index (Phi) is 2.28. The molecular formula is C8H9FN2O. The van der Waals surface area contributed by atoms with Crippen LogP contribution in [-0.2, 0) is 4.79 Å². The van der Waals surface area contributed by atoms with Crippen molar-refractivity contribution >= 4 is 5.91 Å². The normalized spacial score (nSPS) is 17.2. The fourth-order valence-electron chi connectivity index (χ4n) is 0.898. The Labute approximate surface area is 69.2 Å². The second kappa shape index (κ2) is 3.21. The average molecular weight is 168 g/mol. The number of amides is 1. The molecule has 0 aromatic heterocycles. The maximum atomic E-state index is 12.6. The Bertz CT molecular complexity index is 302. The topological polar surface area (TPSA) is 69.1 Å². The highest BCUT2D eigenvalue weighted by atomic mass is 19.1. The molecule has 0 atom stereocenters. The van der Waals surface area contributed by atoms with Gasteiger partial charge in [-0.1, -0.05) is 6.08 Å². The number of carbonyl (C=O) groups excluding carboxylic acids is 1. The van der Waals surface area contributed by atoms with Gasteiger partial charge in [-0.25, -0.2) is 4.39 Å². The molecule has 1 amide bonds. The lowest BCUT2D eigenvalue weighted by Gasteiger charge is -1.99. The average Bonchev–Trinajstić information content (AvgIpc) is 2.14. The van der Waals surface area contributed by atoms with Gasteiger partial charge >= 0.3 is 0 Å². The van der Waals surface area contributed by atoms with Crippen LogP contribution in [0, 0.1) is 0 Å². The van der Waals surface area contributed by atoms with E-state index in [-0.39, 0.29) is 23.5 Å². The Hall–Kier alpha value is -1.58. The van der Waals surface area contributed by atoms with Gasteiger partial charge in [0.15, 0.2) is 0 Å². The molecule has 0 aromatic carbocycles. The number of halogens is 1. The molecule has 0 heterocycles. The van der Waals surface area contributed by atoms with Crippen LogP contribution in [0.4, 0.5) is 4.39 Å². The lowest BCUT2D eigenvalue weighted by molar-refractivity contribution is -0.114. The van der Waals surface area contributed by atoms with Crippen LogP contribution in [0.25, 0.3) is 0 Å². The van der Waals surface area contributed by atoms with Gasteiger partial charge in [-0.15, -0.1) is 0 Å². The summed E-state index contributed by atoms with van der Waals surface area (Å²) < 4.78 is 12.6. The number of rotatable bonds is 1. The van der Waals surface area contributed by atoms with E-state index in [0.717, 1.165) is 0 Å². The lowest BCUT2D eigenvalue weighted by atomic mass is 10.1. The Morgan fingerprint density at radius 2 is 2.17 bits per heavy atom. The van der Waals surface area contributed by atoms with Crippen LogP contribution in [-0.4, -0.2) is 5.91 Å². The third-order valence-electron chi connectivity index (χ3n) is 1.52. The van der Waals surface area contributed by atoms with Gasteiger partial charge in [-0.05, 0) is 12.2 Å². The zero-order chi connectivity index (χ0) is 9.14. The maximum Gasteiger partial charge on any atom is 0.250 e. The Morgan fingerprint density at radius 3 is 2.75 bits per heavy atom.